The van der Waals surface area contributed by atoms with Crippen molar-refractivity contribution in [3.63, 3.8) is 0 Å². The van der Waals surface area contributed by atoms with Gasteiger partial charge in [-0.1, -0.05) is 30.3 Å². The van der Waals surface area contributed by atoms with Gasteiger partial charge >= 0.3 is 6.03 Å². The van der Waals surface area contributed by atoms with Crippen LogP contribution >= 0.6 is 0 Å². The van der Waals surface area contributed by atoms with Crippen molar-refractivity contribution in [2.45, 2.75) is 19.9 Å². The highest BCUT2D eigenvalue weighted by Crippen LogP contribution is 2.11. The number of nitrogens with zero attached hydrogens (tertiary/aromatic N) is 1. The first-order valence-corrected chi connectivity index (χ1v) is 7.90. The molecule has 26 heavy (non-hydrogen) atoms. The van der Waals surface area contributed by atoms with Crippen LogP contribution in [-0.4, -0.2) is 31.0 Å². The highest BCUT2D eigenvalue weighted by Gasteiger charge is 2.12. The molecule has 0 saturated carbocycles. The van der Waals surface area contributed by atoms with Crippen LogP contribution in [0.3, 0.4) is 0 Å². The third-order valence-electron chi connectivity index (χ3n) is 3.53. The largest absolute Gasteiger partial charge is 0.341 e. The molecular weight excluding hydrogens is 340 g/mol. The van der Waals surface area contributed by atoms with E-state index in [2.05, 4.69) is 5.32 Å². The Morgan fingerprint density at radius 1 is 1.19 bits per heavy atom. The molecule has 2 aromatic rings. The van der Waals surface area contributed by atoms with Crippen LogP contribution in [0, 0.1) is 17.0 Å². The highest BCUT2D eigenvalue weighted by molar-refractivity contribution is 5.96. The molecule has 2 N–H and O–H groups in total. The van der Waals surface area contributed by atoms with E-state index in [1.165, 1.54) is 14.0 Å². The van der Waals surface area contributed by atoms with E-state index in [0.29, 0.717) is 0 Å². The standard InChI is InChI=1S/C11H16N2O2.C8H7F2N/c1-9(10-7-5-4-6-8-10)12-11(14)13(2)15-3;1-5(11)7-4-6(9)2-3-8(7)10/h4-9H,1-3H3,(H,12,14);2-4,11H,1H3. The Labute approximate surface area is 152 Å². The van der Waals surface area contributed by atoms with Gasteiger partial charge in [0, 0.05) is 18.3 Å². The van der Waals surface area contributed by atoms with Crippen molar-refractivity contribution in [3.05, 3.63) is 71.3 Å². The average Bonchev–Trinajstić information content (AvgIpc) is 2.64. The number of hydroxylamine groups is 2. The van der Waals surface area contributed by atoms with E-state index < -0.39 is 11.6 Å². The van der Waals surface area contributed by atoms with E-state index in [0.717, 1.165) is 28.8 Å². The molecule has 0 aliphatic heterocycles. The Morgan fingerprint density at radius 2 is 1.81 bits per heavy atom. The summed E-state index contributed by atoms with van der Waals surface area (Å²) in [5, 5.41) is 11.0. The van der Waals surface area contributed by atoms with Gasteiger partial charge in [0.15, 0.2) is 0 Å². The first-order valence-electron chi connectivity index (χ1n) is 7.90. The summed E-state index contributed by atoms with van der Waals surface area (Å²) < 4.78 is 25.2. The number of carbonyl (C=O) groups is 1. The smallest absolute Gasteiger partial charge is 0.330 e. The van der Waals surface area contributed by atoms with Gasteiger partial charge in [-0.15, -0.1) is 0 Å². The molecule has 0 fully saturated rings. The second-order valence-electron chi connectivity index (χ2n) is 5.51. The van der Waals surface area contributed by atoms with Gasteiger partial charge in [0.1, 0.15) is 11.6 Å². The van der Waals surface area contributed by atoms with Crippen molar-refractivity contribution in [3.8, 4) is 0 Å². The summed E-state index contributed by atoms with van der Waals surface area (Å²) in [6.07, 6.45) is 0. The van der Waals surface area contributed by atoms with Crippen LogP contribution in [0.15, 0.2) is 48.5 Å². The Balaban J connectivity index is 0.000000273. The first kappa shape index (κ1) is 21.2. The molecule has 0 bridgehead atoms. The van der Waals surface area contributed by atoms with Crippen molar-refractivity contribution >= 4 is 11.7 Å². The molecule has 0 aliphatic rings. The van der Waals surface area contributed by atoms with Crippen LogP contribution in [0.1, 0.15) is 31.0 Å². The Bertz CT molecular complexity index is 739. The van der Waals surface area contributed by atoms with Crippen LogP contribution in [0.25, 0.3) is 0 Å². The van der Waals surface area contributed by atoms with E-state index in [1.807, 2.05) is 37.3 Å². The van der Waals surface area contributed by atoms with E-state index in [-0.39, 0.29) is 23.3 Å². The van der Waals surface area contributed by atoms with Crippen molar-refractivity contribution < 1.29 is 18.4 Å². The van der Waals surface area contributed by atoms with Crippen molar-refractivity contribution in [1.29, 1.82) is 5.41 Å². The van der Waals surface area contributed by atoms with Crippen LogP contribution < -0.4 is 5.32 Å². The molecular formula is C19H23F2N3O2. The third kappa shape index (κ3) is 6.60. The summed E-state index contributed by atoms with van der Waals surface area (Å²) in [7, 11) is 3.01. The van der Waals surface area contributed by atoms with E-state index in [4.69, 9.17) is 10.2 Å². The molecule has 0 aliphatic carbocycles. The second kappa shape index (κ2) is 10.2. The molecule has 1 unspecified atom stereocenters. The molecule has 0 aromatic heterocycles. The summed E-state index contributed by atoms with van der Waals surface area (Å²) in [6.45, 7) is 3.34. The number of amides is 2. The second-order valence-corrected chi connectivity index (χ2v) is 5.51. The highest BCUT2D eigenvalue weighted by atomic mass is 19.1. The van der Waals surface area contributed by atoms with Crippen molar-refractivity contribution in [1.82, 2.24) is 10.4 Å². The summed E-state index contributed by atoms with van der Waals surface area (Å²) in [6, 6.07) is 12.5. The van der Waals surface area contributed by atoms with Crippen LogP contribution in [0.4, 0.5) is 13.6 Å². The minimum Gasteiger partial charge on any atom is -0.330 e. The lowest BCUT2D eigenvalue weighted by atomic mass is 10.1. The minimum atomic E-state index is -0.557. The summed E-state index contributed by atoms with van der Waals surface area (Å²) in [5.74, 6) is -1.08. The summed E-state index contributed by atoms with van der Waals surface area (Å²) in [5.41, 5.74) is 1.11. The quantitative estimate of drug-likeness (QED) is 0.628. The molecule has 140 valence electrons. The Morgan fingerprint density at radius 3 is 2.31 bits per heavy atom. The molecule has 2 rings (SSSR count). The maximum atomic E-state index is 12.7. The number of rotatable bonds is 4. The minimum absolute atomic E-state index is 0.0185. The fraction of sp³-hybridized carbons (Fsp3) is 0.263. The molecule has 0 spiro atoms. The molecule has 2 amide bonds. The molecule has 7 heteroatoms. The zero-order valence-electron chi connectivity index (χ0n) is 15.2. The average molecular weight is 363 g/mol. The van der Waals surface area contributed by atoms with Gasteiger partial charge in [-0.05, 0) is 37.6 Å². The maximum absolute atomic E-state index is 12.7. The monoisotopic (exact) mass is 363 g/mol. The van der Waals surface area contributed by atoms with Gasteiger partial charge in [0.2, 0.25) is 0 Å². The molecule has 0 heterocycles. The molecule has 1 atom stereocenters. The van der Waals surface area contributed by atoms with E-state index in [9.17, 15) is 13.6 Å². The lowest BCUT2D eigenvalue weighted by Gasteiger charge is -2.19. The first-order chi connectivity index (χ1) is 12.3. The van der Waals surface area contributed by atoms with Gasteiger partial charge in [-0.2, -0.15) is 0 Å². The Hall–Kier alpha value is -2.80. The SMILES string of the molecule is CC(=N)c1cc(F)ccc1F.CON(C)C(=O)NC(C)c1ccccc1. The van der Waals surface area contributed by atoms with Crippen molar-refractivity contribution in [2.24, 2.45) is 0 Å². The van der Waals surface area contributed by atoms with E-state index in [1.54, 1.807) is 7.05 Å². The molecule has 5 nitrogen and oxygen atoms in total. The summed E-state index contributed by atoms with van der Waals surface area (Å²) >= 11 is 0. The lowest BCUT2D eigenvalue weighted by Crippen LogP contribution is -2.37. The fourth-order valence-corrected chi connectivity index (χ4v) is 1.97. The zero-order valence-corrected chi connectivity index (χ0v) is 15.2. The number of halogens is 2. The molecule has 0 saturated heterocycles. The third-order valence-corrected chi connectivity index (χ3v) is 3.53. The number of hydrogen-bond acceptors (Lipinski definition) is 3. The summed E-state index contributed by atoms with van der Waals surface area (Å²) in [4.78, 5) is 16.2. The number of carbonyl (C=O) groups excluding carboxylic acids is 1. The van der Waals surface area contributed by atoms with Gasteiger partial charge in [-0.3, -0.25) is 4.84 Å². The lowest BCUT2D eigenvalue weighted by molar-refractivity contribution is -0.0654. The van der Waals surface area contributed by atoms with Gasteiger partial charge < -0.3 is 10.7 Å². The fourth-order valence-electron chi connectivity index (χ4n) is 1.97. The van der Waals surface area contributed by atoms with Crippen LogP contribution in [-0.2, 0) is 4.84 Å². The Kier molecular flexibility index (Phi) is 8.37. The zero-order chi connectivity index (χ0) is 19.7. The van der Waals surface area contributed by atoms with Crippen LogP contribution in [0.5, 0.6) is 0 Å². The molecule has 2 aromatic carbocycles. The predicted octanol–water partition coefficient (Wildman–Crippen LogP) is 4.30. The maximum Gasteiger partial charge on any atom is 0.341 e. The van der Waals surface area contributed by atoms with Gasteiger partial charge in [-0.25, -0.2) is 18.6 Å². The number of hydrogen-bond donors (Lipinski definition) is 2. The number of benzene rings is 2. The van der Waals surface area contributed by atoms with Crippen LogP contribution in [0.2, 0.25) is 0 Å². The predicted molar refractivity (Wildman–Crippen MR) is 97.0 cm³/mol. The number of urea groups is 1. The van der Waals surface area contributed by atoms with Gasteiger partial charge in [0.05, 0.1) is 13.2 Å². The van der Waals surface area contributed by atoms with E-state index >= 15 is 0 Å². The topological polar surface area (TPSA) is 65.4 Å². The van der Waals surface area contributed by atoms with Crippen molar-refractivity contribution in [2.75, 3.05) is 14.2 Å². The number of nitrogens with one attached hydrogen (secondary N) is 2. The van der Waals surface area contributed by atoms with Gasteiger partial charge in [0.25, 0.3) is 0 Å². The molecule has 0 radical (unpaired) electrons. The normalized spacial score (nSPS) is 11.0.